The van der Waals surface area contributed by atoms with E-state index < -0.39 is 41.2 Å². The van der Waals surface area contributed by atoms with Crippen LogP contribution in [-0.2, 0) is 25.7 Å². The molecule has 3 amide bonds. The van der Waals surface area contributed by atoms with Gasteiger partial charge in [0.2, 0.25) is 17.7 Å². The molecule has 47 heavy (non-hydrogen) atoms. The van der Waals surface area contributed by atoms with Crippen molar-refractivity contribution in [2.45, 2.75) is 89.1 Å². The van der Waals surface area contributed by atoms with Crippen molar-refractivity contribution in [2.24, 2.45) is 11.8 Å². The van der Waals surface area contributed by atoms with Crippen molar-refractivity contribution in [1.82, 2.24) is 23.6 Å². The zero-order valence-electron chi connectivity index (χ0n) is 27.3. The number of alkyl carbamates (subject to hydrolysis) is 1. The Morgan fingerprint density at radius 2 is 2.00 bits per heavy atom. The van der Waals surface area contributed by atoms with Gasteiger partial charge in [0.25, 0.3) is 0 Å². The van der Waals surface area contributed by atoms with Gasteiger partial charge in [0.05, 0.1) is 12.6 Å². The number of allylic oxidation sites excluding steroid dienone is 1. The number of hydrogen-bond acceptors (Lipinski definition) is 8. The van der Waals surface area contributed by atoms with Gasteiger partial charge < -0.3 is 30.1 Å². The first-order valence-electron chi connectivity index (χ1n) is 16.1. The van der Waals surface area contributed by atoms with Gasteiger partial charge in [0, 0.05) is 59.9 Å². The summed E-state index contributed by atoms with van der Waals surface area (Å²) < 4.78 is 13.0. The summed E-state index contributed by atoms with van der Waals surface area (Å²) in [7, 11) is 1.59. The molecule has 2 aromatic rings. The number of nitrogens with one attached hydrogen (secondary N) is 2. The van der Waals surface area contributed by atoms with Gasteiger partial charge in [0.1, 0.15) is 23.2 Å². The summed E-state index contributed by atoms with van der Waals surface area (Å²) in [4.78, 5) is 59.3. The number of methoxy groups -OCH3 is 1. The number of benzene rings is 1. The number of pyridine rings is 1. The number of hydrogen-bond donors (Lipinski definition) is 3. The molecule has 0 spiro atoms. The van der Waals surface area contributed by atoms with Crippen LogP contribution in [0.1, 0.15) is 64.9 Å². The van der Waals surface area contributed by atoms with E-state index in [0.717, 1.165) is 22.9 Å². The molecule has 254 valence electrons. The van der Waals surface area contributed by atoms with Gasteiger partial charge in [-0.2, -0.15) is 0 Å². The third-order valence-corrected chi connectivity index (χ3v) is 9.71. The maximum atomic E-state index is 14.2. The minimum atomic E-state index is -1.38. The minimum Gasteiger partial charge on any atom is -0.481 e. The number of carbonyl (C=O) groups excluding carboxylic acids is 3. The second-order valence-corrected chi connectivity index (χ2v) is 15.1. The fourth-order valence-corrected chi connectivity index (χ4v) is 7.50. The smallest absolute Gasteiger partial charge is 0.408 e. The number of fused-ring (bicyclic) bond motifs is 3. The summed E-state index contributed by atoms with van der Waals surface area (Å²) in [6.07, 6.45) is 6.30. The van der Waals surface area contributed by atoms with Crippen LogP contribution in [0.4, 0.5) is 4.79 Å². The fraction of sp³-hybridized carbons (Fsp3) is 0.559. The first-order valence-corrected chi connectivity index (χ1v) is 17.1. The summed E-state index contributed by atoms with van der Waals surface area (Å²) in [5, 5.41) is 16.7. The first kappa shape index (κ1) is 34.9. The van der Waals surface area contributed by atoms with Crippen molar-refractivity contribution in [2.75, 3.05) is 20.2 Å². The minimum absolute atomic E-state index is 0.0878. The predicted molar refractivity (Wildman–Crippen MR) is 184 cm³/mol. The molecule has 1 saturated carbocycles. The van der Waals surface area contributed by atoms with Crippen LogP contribution >= 0.6 is 22.9 Å². The highest BCUT2D eigenvalue weighted by Crippen LogP contribution is 2.45. The van der Waals surface area contributed by atoms with E-state index in [1.807, 2.05) is 42.5 Å². The number of carboxylic acid groups (broad SMARTS) is 1. The Hall–Kier alpha value is -3.46. The van der Waals surface area contributed by atoms with Gasteiger partial charge in [0.15, 0.2) is 0 Å². The van der Waals surface area contributed by atoms with Crippen molar-refractivity contribution in [3.05, 3.63) is 48.0 Å². The van der Waals surface area contributed by atoms with E-state index in [2.05, 4.69) is 41.6 Å². The lowest BCUT2D eigenvalue weighted by Crippen LogP contribution is -2.56. The van der Waals surface area contributed by atoms with E-state index >= 15 is 0 Å². The molecule has 1 aromatic heterocycles. The van der Waals surface area contributed by atoms with Crippen molar-refractivity contribution in [3.63, 3.8) is 0 Å². The van der Waals surface area contributed by atoms with Gasteiger partial charge in [-0.1, -0.05) is 36.8 Å². The number of para-hydroxylation sites is 1. The molecule has 3 aliphatic rings. The Morgan fingerprint density at radius 1 is 1.23 bits per heavy atom. The average Bonchev–Trinajstić information content (AvgIpc) is 3.54. The van der Waals surface area contributed by atoms with Gasteiger partial charge in [-0.25, -0.2) is 17.7 Å². The van der Waals surface area contributed by atoms with E-state index in [4.69, 9.17) is 9.47 Å². The molecule has 0 radical (unpaired) electrons. The number of aliphatic carboxylic acids is 1. The number of halogens is 1. The monoisotopic (exact) mass is 761 g/mol. The highest BCUT2D eigenvalue weighted by molar-refractivity contribution is 14.1. The van der Waals surface area contributed by atoms with Crippen LogP contribution in [0.5, 0.6) is 5.88 Å². The lowest BCUT2D eigenvalue weighted by atomic mass is 10.0. The topological polar surface area (TPSA) is 150 Å². The maximum Gasteiger partial charge on any atom is 0.408 e. The molecule has 0 bridgehead atoms. The van der Waals surface area contributed by atoms with Gasteiger partial charge in [-0.05, 0) is 70.4 Å². The standard InChI is InChI=1S/C34H44IN5O7/c1-33(2,3)47-32(45)37-26-14-8-6-5-7-11-23-17-34(23,31(43)44)38-29(41)27-15-21(19-40(27)30(26)42)18-39(35)20-22-16-28(46-4)36-25-13-10-9-12-24(22)25/h7,9-13,16,21,23,26-27H,5-6,8,14-15,17-20H2,1-4H3,(H,37,45)(H,38,41)(H,43,44)/b11-7-/t21-,23+,26+,27-,34+/m0/s1. The average molecular weight is 762 g/mol. The third kappa shape index (κ3) is 8.34. The molecule has 2 fully saturated rings. The fourth-order valence-electron chi connectivity index (χ4n) is 6.58. The summed E-state index contributed by atoms with van der Waals surface area (Å²) in [6.45, 7) is 6.68. The molecule has 5 atom stereocenters. The van der Waals surface area contributed by atoms with Crippen LogP contribution in [-0.4, -0.2) is 85.4 Å². The molecule has 1 saturated heterocycles. The second kappa shape index (κ2) is 14.3. The van der Waals surface area contributed by atoms with Crippen LogP contribution in [0.3, 0.4) is 0 Å². The number of carboxylic acids is 1. The van der Waals surface area contributed by atoms with E-state index in [1.54, 1.807) is 27.9 Å². The Labute approximate surface area is 289 Å². The zero-order valence-corrected chi connectivity index (χ0v) is 29.5. The Bertz CT molecular complexity index is 1540. The lowest BCUT2D eigenvalue weighted by Gasteiger charge is -2.30. The van der Waals surface area contributed by atoms with Crippen molar-refractivity contribution < 1.29 is 33.8 Å². The maximum absolute atomic E-state index is 14.2. The summed E-state index contributed by atoms with van der Waals surface area (Å²) in [6, 6.07) is 8.00. The van der Waals surface area contributed by atoms with E-state index in [-0.39, 0.29) is 24.3 Å². The van der Waals surface area contributed by atoms with Crippen LogP contribution in [0.25, 0.3) is 10.9 Å². The summed E-state index contributed by atoms with van der Waals surface area (Å²) in [5.41, 5.74) is -0.268. The molecule has 1 aromatic carbocycles. The van der Waals surface area contributed by atoms with E-state index in [0.29, 0.717) is 51.1 Å². The summed E-state index contributed by atoms with van der Waals surface area (Å²) >= 11 is 2.26. The van der Waals surface area contributed by atoms with Crippen LogP contribution < -0.4 is 15.4 Å². The first-order chi connectivity index (χ1) is 22.3. The van der Waals surface area contributed by atoms with Crippen LogP contribution in [0.2, 0.25) is 0 Å². The number of carbonyl (C=O) groups is 4. The van der Waals surface area contributed by atoms with Gasteiger partial charge in [-0.3, -0.25) is 9.59 Å². The molecule has 3 N–H and O–H groups in total. The molecular weight excluding hydrogens is 717 g/mol. The molecule has 3 heterocycles. The number of ether oxygens (including phenoxy) is 2. The van der Waals surface area contributed by atoms with E-state index in [1.165, 1.54) is 4.90 Å². The van der Waals surface area contributed by atoms with Crippen molar-refractivity contribution >= 4 is 57.6 Å². The quantitative estimate of drug-likeness (QED) is 0.209. The molecule has 2 aliphatic heterocycles. The molecule has 13 heteroatoms. The summed E-state index contributed by atoms with van der Waals surface area (Å²) in [5.74, 6) is -1.80. The predicted octanol–water partition coefficient (Wildman–Crippen LogP) is 4.60. The van der Waals surface area contributed by atoms with Crippen LogP contribution in [0, 0.1) is 11.8 Å². The molecule has 0 unspecified atom stereocenters. The van der Waals surface area contributed by atoms with Crippen LogP contribution in [0.15, 0.2) is 42.5 Å². The lowest BCUT2D eigenvalue weighted by molar-refractivity contribution is -0.145. The number of nitrogens with zero attached hydrogens (tertiary/aromatic N) is 3. The van der Waals surface area contributed by atoms with Crippen molar-refractivity contribution in [1.29, 1.82) is 0 Å². The largest absolute Gasteiger partial charge is 0.481 e. The third-order valence-electron chi connectivity index (χ3n) is 8.97. The number of aromatic nitrogens is 1. The number of amides is 3. The zero-order chi connectivity index (χ0) is 33.9. The second-order valence-electron chi connectivity index (χ2n) is 13.7. The van der Waals surface area contributed by atoms with Gasteiger partial charge >= 0.3 is 12.1 Å². The number of rotatable bonds is 7. The SMILES string of the molecule is COc1cc(CN(I)C[C@@H]2C[C@H]3C(=O)N[C@]4(C(=O)O)C[C@H]4/C=C\CCCC[C@@H](NC(=O)OC(C)(C)C)C(=O)N3C2)c2ccccc2n1. The molecular formula is C34H44IN5O7. The Kier molecular flexibility index (Phi) is 10.6. The Morgan fingerprint density at radius 3 is 2.72 bits per heavy atom. The molecule has 1 aliphatic carbocycles. The molecule has 12 nitrogen and oxygen atoms in total. The Balaban J connectivity index is 1.38. The van der Waals surface area contributed by atoms with E-state index in [9.17, 15) is 24.3 Å². The highest BCUT2D eigenvalue weighted by Gasteiger charge is 2.61. The highest BCUT2D eigenvalue weighted by atomic mass is 127. The van der Waals surface area contributed by atoms with Gasteiger partial charge in [-0.15, -0.1) is 0 Å². The normalized spacial score (nSPS) is 27.3. The van der Waals surface area contributed by atoms with Crippen molar-refractivity contribution in [3.8, 4) is 5.88 Å². The molecule has 5 rings (SSSR count).